The summed E-state index contributed by atoms with van der Waals surface area (Å²) in [4.78, 5) is 115. The number of carboxylic acid groups (broad SMARTS) is 1. The number of aromatic hydroxyl groups is 3. The van der Waals surface area contributed by atoms with Gasteiger partial charge in [0.05, 0.1) is 34.7 Å². The van der Waals surface area contributed by atoms with Gasteiger partial charge in [-0.15, -0.1) is 0 Å². The lowest BCUT2D eigenvalue weighted by molar-refractivity contribution is -0.204. The quantitative estimate of drug-likeness (QED) is 0.100. The van der Waals surface area contributed by atoms with Gasteiger partial charge >= 0.3 is 5.97 Å². The summed E-state index contributed by atoms with van der Waals surface area (Å²) in [5.74, 6) is -14.7. The number of aliphatic hydroxyl groups excluding tert-OH is 3. The highest BCUT2D eigenvalue weighted by molar-refractivity contribution is 6.32. The number of hydrogen-bond acceptors (Lipinski definition) is 20. The Morgan fingerprint density at radius 3 is 1.89 bits per heavy atom. The molecular formula is C59H63Cl2N9O19. The van der Waals surface area contributed by atoms with Gasteiger partial charge in [-0.1, -0.05) is 55.2 Å². The van der Waals surface area contributed by atoms with E-state index in [1.54, 1.807) is 20.8 Å². The zero-order valence-corrected chi connectivity index (χ0v) is 49.2. The van der Waals surface area contributed by atoms with E-state index in [0.29, 0.717) is 0 Å². The van der Waals surface area contributed by atoms with Crippen molar-refractivity contribution in [1.82, 2.24) is 31.9 Å². The maximum atomic E-state index is 15.8. The highest BCUT2D eigenvalue weighted by atomic mass is 35.5. The van der Waals surface area contributed by atoms with Crippen molar-refractivity contribution in [1.29, 1.82) is 0 Å². The van der Waals surface area contributed by atoms with E-state index in [9.17, 15) is 59.7 Å². The number of rotatable bonds is 9. The lowest BCUT2D eigenvalue weighted by atomic mass is 9.86. The Balaban J connectivity index is 1.32. The minimum absolute atomic E-state index is 0.107. The van der Waals surface area contributed by atoms with Gasteiger partial charge in [-0.25, -0.2) is 4.79 Å². The van der Waals surface area contributed by atoms with Crippen LogP contribution in [0.3, 0.4) is 0 Å². The third-order valence-corrected chi connectivity index (χ3v) is 15.9. The van der Waals surface area contributed by atoms with Crippen LogP contribution in [0.2, 0.25) is 10.0 Å². The number of aliphatic hydroxyl groups is 3. The van der Waals surface area contributed by atoms with E-state index in [1.165, 1.54) is 37.3 Å². The molecule has 11 bridgehead atoms. The molecule has 1 fully saturated rings. The summed E-state index contributed by atoms with van der Waals surface area (Å²) in [7, 11) is 0. The fourth-order valence-electron chi connectivity index (χ4n) is 10.8. The number of phenols is 3. The van der Waals surface area contributed by atoms with E-state index in [-0.39, 0.29) is 68.3 Å². The molecule has 6 aliphatic heterocycles. The van der Waals surface area contributed by atoms with E-state index in [4.69, 9.17) is 59.4 Å². The molecule has 1 saturated heterocycles. The zero-order chi connectivity index (χ0) is 64.8. The summed E-state index contributed by atoms with van der Waals surface area (Å²) < 4.78 is 25.7. The Kier molecular flexibility index (Phi) is 18.6. The second-order valence-corrected chi connectivity index (χ2v) is 23.5. The van der Waals surface area contributed by atoms with Crippen LogP contribution in [0.1, 0.15) is 105 Å². The normalized spacial score (nSPS) is 26.6. The van der Waals surface area contributed by atoms with Crippen molar-refractivity contribution >= 4 is 70.5 Å². The molecule has 472 valence electrons. The van der Waals surface area contributed by atoms with E-state index in [1.807, 2.05) is 0 Å². The van der Waals surface area contributed by atoms with Crippen molar-refractivity contribution in [3.8, 4) is 57.1 Å². The predicted molar refractivity (Wildman–Crippen MR) is 312 cm³/mol. The topological polar surface area (TPSA) is 465 Å². The largest absolute Gasteiger partial charge is 0.508 e. The number of aliphatic carboxylic acids is 1. The van der Waals surface area contributed by atoms with Crippen LogP contribution < -0.4 is 63.3 Å². The number of ether oxygens (including phenoxy) is 4. The van der Waals surface area contributed by atoms with Gasteiger partial charge in [-0.3, -0.25) is 33.6 Å². The molecule has 0 aliphatic carbocycles. The van der Waals surface area contributed by atoms with Crippen LogP contribution in [0.25, 0.3) is 11.1 Å². The van der Waals surface area contributed by atoms with Crippen LogP contribution in [0, 0.1) is 5.92 Å². The van der Waals surface area contributed by atoms with Crippen molar-refractivity contribution < 1.29 is 93.0 Å². The summed E-state index contributed by atoms with van der Waals surface area (Å²) in [6.07, 6.45) is -8.79. The molecule has 6 aliphatic rings. The number of phenolic OH excluding ortho intramolecular Hbond substituents is 3. The number of fused-ring (bicyclic) bond motifs is 15. The van der Waals surface area contributed by atoms with Gasteiger partial charge < -0.3 is 104 Å². The smallest absolute Gasteiger partial charge is 0.330 e. The Labute approximate surface area is 515 Å². The minimum atomic E-state index is -2.22. The number of carbonyl (C=O) groups excluding carboxylic acids is 7. The molecule has 30 heteroatoms. The molecule has 6 heterocycles. The maximum absolute atomic E-state index is 15.8. The number of amides is 7. The van der Waals surface area contributed by atoms with Crippen LogP contribution in [0.5, 0.6) is 46.0 Å². The first-order chi connectivity index (χ1) is 41.9. The maximum Gasteiger partial charge on any atom is 0.330 e. The molecule has 2 unspecified atom stereocenters. The first-order valence-electron chi connectivity index (χ1n) is 27.6. The number of carboxylic acids is 1. The van der Waals surface area contributed by atoms with Gasteiger partial charge in [0.15, 0.2) is 17.5 Å². The van der Waals surface area contributed by atoms with Gasteiger partial charge in [0.2, 0.25) is 53.4 Å². The average Bonchev–Trinajstić information content (AvgIpc) is 0.834. The Morgan fingerprint density at radius 2 is 1.30 bits per heavy atom. The van der Waals surface area contributed by atoms with Gasteiger partial charge in [0, 0.05) is 34.7 Å². The molecule has 0 radical (unpaired) electrons. The van der Waals surface area contributed by atoms with E-state index in [2.05, 4.69) is 31.9 Å². The molecule has 19 N–H and O–H groups in total. The molecule has 28 nitrogen and oxygen atoms in total. The van der Waals surface area contributed by atoms with Crippen molar-refractivity contribution in [3.63, 3.8) is 0 Å². The zero-order valence-electron chi connectivity index (χ0n) is 47.6. The van der Waals surface area contributed by atoms with E-state index in [0.717, 1.165) is 48.5 Å². The van der Waals surface area contributed by atoms with E-state index < -0.39 is 178 Å². The number of hydrogen-bond donors (Lipinski definition) is 16. The second kappa shape index (κ2) is 25.6. The van der Waals surface area contributed by atoms with Gasteiger partial charge in [-0.05, 0) is 103 Å². The Hall–Kier alpha value is -9.00. The van der Waals surface area contributed by atoms with Crippen molar-refractivity contribution in [2.45, 2.75) is 125 Å². The molecular weight excluding hydrogens is 1210 g/mol. The lowest BCUT2D eigenvalue weighted by Gasteiger charge is -2.42. The Bertz CT molecular complexity index is 3700. The highest BCUT2D eigenvalue weighted by Gasteiger charge is 2.45. The summed E-state index contributed by atoms with van der Waals surface area (Å²) in [6.45, 7) is 6.63. The fourth-order valence-corrected chi connectivity index (χ4v) is 11.3. The number of nitrogens with one attached hydrogen (secondary N) is 6. The molecule has 0 saturated carbocycles. The van der Waals surface area contributed by atoms with Crippen molar-refractivity contribution in [2.75, 3.05) is 0 Å². The van der Waals surface area contributed by atoms with Gasteiger partial charge in [0.25, 0.3) is 0 Å². The third-order valence-electron chi connectivity index (χ3n) is 15.3. The monoisotopic (exact) mass is 1270 g/mol. The molecule has 13 atom stereocenters. The number of carbonyl (C=O) groups is 8. The van der Waals surface area contributed by atoms with Crippen LogP contribution in [-0.2, 0) is 43.1 Å². The summed E-state index contributed by atoms with van der Waals surface area (Å²) >= 11 is 13.9. The molecule has 7 amide bonds. The molecule has 0 aromatic heterocycles. The molecule has 11 rings (SSSR count). The standard InChI is InChI=1S/C59H63Cl2N9O19/c1-21(2)11-32(62)52(78)69-46-48(75)24-6-9-36(30(60)13-24)87-38-15-26-16-39(50(38)89-41-20-59(4,64)51(77)22(3)86-41)88-37-10-7-25(14-31(37)61)49(76)47-57(83)68-45(58(84)85)29-17-27(71)18-35(73)42(29)28-12-23(5-8-34(28)72)43(54(80)70-47)67-55(81)44(26)66-53(79)33(19-40(63)74)65-56(46)82/h5-10,12-18,21-22,32-33,41,43-49,51,71-73,75-77H,11,19-20,62,64H2,1-4H3,(H2,63,74)(H,65,82)(H,66,79)(H,67,81)(H,68,83)(H,69,78)(H,70,80)(H,84,85)/t22-,32-,33-,41?,43?,44+,45-,46+,47-,48+,49+,51+,59-/m0/s1. The number of halogens is 2. The number of primary amides is 1. The first-order valence-corrected chi connectivity index (χ1v) is 28.4. The van der Waals surface area contributed by atoms with Crippen LogP contribution in [-0.4, -0.2) is 131 Å². The summed E-state index contributed by atoms with van der Waals surface area (Å²) in [5.41, 5.74) is 14.7. The second-order valence-electron chi connectivity index (χ2n) is 22.7. The van der Waals surface area contributed by atoms with Crippen LogP contribution >= 0.6 is 23.2 Å². The average molecular weight is 1270 g/mol. The van der Waals surface area contributed by atoms with Crippen molar-refractivity contribution in [3.05, 3.63) is 117 Å². The highest BCUT2D eigenvalue weighted by Crippen LogP contribution is 2.49. The van der Waals surface area contributed by atoms with Crippen LogP contribution in [0.15, 0.2) is 78.9 Å². The molecule has 89 heavy (non-hydrogen) atoms. The fraction of sp³-hybridized carbons (Fsp3) is 0.356. The summed E-state index contributed by atoms with van der Waals surface area (Å²) in [6, 6.07) is 0.272. The third kappa shape index (κ3) is 13.7. The number of nitrogens with two attached hydrogens (primary N) is 3. The molecule has 5 aromatic carbocycles. The van der Waals surface area contributed by atoms with Crippen LogP contribution in [0.4, 0.5) is 0 Å². The Morgan fingerprint density at radius 1 is 0.719 bits per heavy atom. The molecule has 5 aromatic rings. The summed E-state index contributed by atoms with van der Waals surface area (Å²) in [5, 5.41) is 93.2. The SMILES string of the molecule is CC(C)C[C@H](N)C(=O)N[C@H]1C(=O)N[C@@H](CC(N)=O)C(=O)N[C@H]2C(=O)NC3C(=O)N[C@H](C(=O)N[C@H](C(=O)O)c4cc(O)cc(O)c4-c4cc3ccc4O)[C@H](O)c3ccc(c(Cl)c3)Oc3cc2cc(c3OC2C[C@](C)(N)[C@H](O)[C@H](C)O2)Oc2ccc(cc2Cl)[C@H]1O. The van der Waals surface area contributed by atoms with Gasteiger partial charge in [-0.2, -0.15) is 0 Å². The number of benzene rings is 5. The lowest BCUT2D eigenvalue weighted by Crippen LogP contribution is -2.60. The van der Waals surface area contributed by atoms with Gasteiger partial charge in [0.1, 0.15) is 71.2 Å². The molecule has 0 spiro atoms. The predicted octanol–water partition coefficient (Wildman–Crippen LogP) is 2.02. The first kappa shape index (κ1) is 64.5. The minimum Gasteiger partial charge on any atom is -0.508 e. The van der Waals surface area contributed by atoms with E-state index >= 15 is 14.4 Å². The van der Waals surface area contributed by atoms with Crippen molar-refractivity contribution in [2.24, 2.45) is 23.1 Å².